The van der Waals surface area contributed by atoms with Gasteiger partial charge in [0, 0.05) is 35.8 Å². The van der Waals surface area contributed by atoms with Crippen LogP contribution in [-0.4, -0.2) is 29.5 Å². The van der Waals surface area contributed by atoms with Crippen molar-refractivity contribution in [2.45, 2.75) is 6.42 Å². The molecule has 2 aromatic rings. The summed E-state index contributed by atoms with van der Waals surface area (Å²) in [7, 11) is 0. The van der Waals surface area contributed by atoms with Gasteiger partial charge < -0.3 is 4.98 Å². The van der Waals surface area contributed by atoms with Crippen LogP contribution in [0.3, 0.4) is 0 Å². The number of H-pyrrole nitrogens is 1. The summed E-state index contributed by atoms with van der Waals surface area (Å²) in [5, 5.41) is 9.74. The average molecular weight is 255 g/mol. The minimum atomic E-state index is -0.223. The Labute approximate surface area is 110 Å². The number of fused-ring (bicyclic) bond motifs is 1. The SMILES string of the molecule is N#CCN1CC=C(c2c[nH]c3cc(F)ccc23)CC1. The molecule has 0 fully saturated rings. The van der Waals surface area contributed by atoms with Crippen molar-refractivity contribution < 1.29 is 4.39 Å². The van der Waals surface area contributed by atoms with Crippen LogP contribution in [0.4, 0.5) is 4.39 Å². The summed E-state index contributed by atoms with van der Waals surface area (Å²) < 4.78 is 13.2. The number of aromatic amines is 1. The second-order valence-electron chi connectivity index (χ2n) is 4.76. The van der Waals surface area contributed by atoms with Crippen LogP contribution in [-0.2, 0) is 0 Å². The Hall–Kier alpha value is -2.12. The second-order valence-corrected chi connectivity index (χ2v) is 4.76. The van der Waals surface area contributed by atoms with E-state index in [1.54, 1.807) is 0 Å². The monoisotopic (exact) mass is 255 g/mol. The van der Waals surface area contributed by atoms with Gasteiger partial charge in [0.05, 0.1) is 12.6 Å². The van der Waals surface area contributed by atoms with E-state index in [0.29, 0.717) is 6.54 Å². The van der Waals surface area contributed by atoms with E-state index < -0.39 is 0 Å². The predicted molar refractivity (Wildman–Crippen MR) is 72.9 cm³/mol. The molecule has 0 atom stereocenters. The molecule has 1 aromatic carbocycles. The number of aromatic nitrogens is 1. The molecule has 96 valence electrons. The molecule has 19 heavy (non-hydrogen) atoms. The number of hydrogen-bond donors (Lipinski definition) is 1. The van der Waals surface area contributed by atoms with Crippen molar-refractivity contribution in [3.8, 4) is 6.07 Å². The first-order chi connectivity index (χ1) is 9.28. The summed E-state index contributed by atoms with van der Waals surface area (Å²) in [5.74, 6) is -0.223. The third-order valence-corrected chi connectivity index (χ3v) is 3.58. The van der Waals surface area contributed by atoms with E-state index in [4.69, 9.17) is 5.26 Å². The molecule has 1 N–H and O–H groups in total. The van der Waals surface area contributed by atoms with Gasteiger partial charge in [0.25, 0.3) is 0 Å². The van der Waals surface area contributed by atoms with Gasteiger partial charge in [0.15, 0.2) is 0 Å². The summed E-state index contributed by atoms with van der Waals surface area (Å²) in [5.41, 5.74) is 3.24. The van der Waals surface area contributed by atoms with Crippen molar-refractivity contribution in [1.29, 1.82) is 5.26 Å². The molecule has 0 aliphatic carbocycles. The van der Waals surface area contributed by atoms with Crippen molar-refractivity contribution >= 4 is 16.5 Å². The maximum Gasteiger partial charge on any atom is 0.125 e. The minimum Gasteiger partial charge on any atom is -0.360 e. The third kappa shape index (κ3) is 2.25. The fourth-order valence-corrected chi connectivity index (χ4v) is 2.56. The average Bonchev–Trinajstić information content (AvgIpc) is 2.83. The van der Waals surface area contributed by atoms with Gasteiger partial charge in [0.2, 0.25) is 0 Å². The summed E-state index contributed by atoms with van der Waals surface area (Å²) in [6, 6.07) is 7.00. The van der Waals surface area contributed by atoms with Crippen LogP contribution in [0, 0.1) is 17.1 Å². The normalized spacial score (nSPS) is 16.3. The molecule has 0 saturated carbocycles. The van der Waals surface area contributed by atoms with Crippen LogP contribution in [0.25, 0.3) is 16.5 Å². The summed E-state index contributed by atoms with van der Waals surface area (Å²) >= 11 is 0. The highest BCUT2D eigenvalue weighted by molar-refractivity contribution is 5.92. The number of benzene rings is 1. The van der Waals surface area contributed by atoms with Crippen LogP contribution >= 0.6 is 0 Å². The van der Waals surface area contributed by atoms with Crippen LogP contribution in [0.5, 0.6) is 0 Å². The van der Waals surface area contributed by atoms with E-state index in [-0.39, 0.29) is 5.82 Å². The Kier molecular flexibility index (Phi) is 3.06. The molecule has 0 amide bonds. The molecule has 1 aliphatic heterocycles. The minimum absolute atomic E-state index is 0.223. The maximum absolute atomic E-state index is 13.2. The first-order valence-electron chi connectivity index (χ1n) is 6.33. The first-order valence-corrected chi connectivity index (χ1v) is 6.33. The lowest BCUT2D eigenvalue weighted by Crippen LogP contribution is -2.28. The molecule has 0 spiro atoms. The van der Waals surface area contributed by atoms with Gasteiger partial charge in [-0.05, 0) is 30.2 Å². The van der Waals surface area contributed by atoms with Crippen molar-refractivity contribution in [1.82, 2.24) is 9.88 Å². The Morgan fingerprint density at radius 3 is 3.05 bits per heavy atom. The molecule has 3 rings (SSSR count). The third-order valence-electron chi connectivity index (χ3n) is 3.58. The van der Waals surface area contributed by atoms with Gasteiger partial charge >= 0.3 is 0 Å². The summed E-state index contributed by atoms with van der Waals surface area (Å²) in [6.07, 6.45) is 5.02. The van der Waals surface area contributed by atoms with Crippen LogP contribution in [0.1, 0.15) is 12.0 Å². The molecular weight excluding hydrogens is 241 g/mol. The fourth-order valence-electron chi connectivity index (χ4n) is 2.56. The molecule has 4 heteroatoms. The van der Waals surface area contributed by atoms with Crippen molar-refractivity contribution in [3.05, 3.63) is 41.9 Å². The number of hydrogen-bond acceptors (Lipinski definition) is 2. The second kappa shape index (κ2) is 4.87. The highest BCUT2D eigenvalue weighted by atomic mass is 19.1. The molecule has 1 aliphatic rings. The fraction of sp³-hybridized carbons (Fsp3) is 0.267. The number of halogens is 1. The largest absolute Gasteiger partial charge is 0.360 e. The Morgan fingerprint density at radius 2 is 2.32 bits per heavy atom. The summed E-state index contributed by atoms with van der Waals surface area (Å²) in [6.45, 7) is 2.17. The predicted octanol–water partition coefficient (Wildman–Crippen LogP) is 2.92. The Bertz CT molecular complexity index is 678. The van der Waals surface area contributed by atoms with Crippen LogP contribution in [0.15, 0.2) is 30.5 Å². The maximum atomic E-state index is 13.2. The highest BCUT2D eigenvalue weighted by Gasteiger charge is 2.15. The zero-order valence-electron chi connectivity index (χ0n) is 10.5. The Balaban J connectivity index is 1.91. The number of rotatable bonds is 2. The topological polar surface area (TPSA) is 42.8 Å². The van der Waals surface area contributed by atoms with Gasteiger partial charge in [0.1, 0.15) is 5.82 Å². The van der Waals surface area contributed by atoms with Crippen molar-refractivity contribution in [3.63, 3.8) is 0 Å². The molecule has 3 nitrogen and oxygen atoms in total. The van der Waals surface area contributed by atoms with Gasteiger partial charge in [-0.1, -0.05) is 6.08 Å². The number of nitrogens with zero attached hydrogens (tertiary/aromatic N) is 2. The van der Waals surface area contributed by atoms with Crippen molar-refractivity contribution in [2.75, 3.05) is 19.6 Å². The molecule has 2 heterocycles. The first kappa shape index (κ1) is 11.9. The van der Waals surface area contributed by atoms with Crippen molar-refractivity contribution in [2.24, 2.45) is 0 Å². The van der Waals surface area contributed by atoms with Gasteiger partial charge in [-0.15, -0.1) is 0 Å². The van der Waals surface area contributed by atoms with E-state index in [1.807, 2.05) is 12.3 Å². The molecular formula is C15H14FN3. The highest BCUT2D eigenvalue weighted by Crippen LogP contribution is 2.29. The summed E-state index contributed by atoms with van der Waals surface area (Å²) in [4.78, 5) is 5.23. The molecule has 0 bridgehead atoms. The van der Waals surface area contributed by atoms with Crippen LogP contribution in [0.2, 0.25) is 0 Å². The molecule has 0 saturated heterocycles. The Morgan fingerprint density at radius 1 is 1.42 bits per heavy atom. The molecule has 1 aromatic heterocycles. The molecule has 0 unspecified atom stereocenters. The van der Waals surface area contributed by atoms with Gasteiger partial charge in [-0.25, -0.2) is 4.39 Å². The quantitative estimate of drug-likeness (QED) is 0.838. The number of nitrogens with one attached hydrogen (secondary N) is 1. The van der Waals surface area contributed by atoms with Gasteiger partial charge in [-0.3, -0.25) is 4.90 Å². The van der Waals surface area contributed by atoms with E-state index >= 15 is 0 Å². The van der Waals surface area contributed by atoms with Crippen LogP contribution < -0.4 is 0 Å². The lowest BCUT2D eigenvalue weighted by molar-refractivity contribution is 0.338. The zero-order chi connectivity index (χ0) is 13.2. The smallest absolute Gasteiger partial charge is 0.125 e. The van der Waals surface area contributed by atoms with Gasteiger partial charge in [-0.2, -0.15) is 5.26 Å². The van der Waals surface area contributed by atoms with E-state index in [9.17, 15) is 4.39 Å². The van der Waals surface area contributed by atoms with E-state index in [1.165, 1.54) is 17.7 Å². The van der Waals surface area contributed by atoms with E-state index in [2.05, 4.69) is 22.0 Å². The zero-order valence-corrected chi connectivity index (χ0v) is 10.5. The number of nitriles is 1. The standard InChI is InChI=1S/C15H14FN3/c16-12-1-2-13-14(10-18-15(13)9-12)11-3-6-19(7-4-11)8-5-17/h1-3,9-10,18H,4,6-8H2. The lowest BCUT2D eigenvalue weighted by Gasteiger charge is -2.23. The molecule has 0 radical (unpaired) electrons. The lowest BCUT2D eigenvalue weighted by atomic mass is 9.99. The van der Waals surface area contributed by atoms with E-state index in [0.717, 1.165) is 36.0 Å².